The van der Waals surface area contributed by atoms with Crippen LogP contribution in [0.5, 0.6) is 0 Å². The second kappa shape index (κ2) is 7.15. The van der Waals surface area contributed by atoms with Crippen LogP contribution in [-0.4, -0.2) is 33.6 Å². The molecule has 0 fully saturated rings. The van der Waals surface area contributed by atoms with E-state index in [1.165, 1.54) is 0 Å². The van der Waals surface area contributed by atoms with Crippen molar-refractivity contribution < 1.29 is 23.1 Å². The Morgan fingerprint density at radius 3 is 2.30 bits per heavy atom. The Hall–Kier alpha value is -2.67. The third kappa shape index (κ3) is 3.73. The van der Waals surface area contributed by atoms with E-state index in [1.807, 2.05) is 6.92 Å². The predicted molar refractivity (Wildman–Crippen MR) is 95.0 cm³/mol. The Labute approximate surface area is 154 Å². The van der Waals surface area contributed by atoms with E-state index in [4.69, 9.17) is 0 Å². The van der Waals surface area contributed by atoms with Crippen molar-refractivity contribution in [2.75, 3.05) is 0 Å². The zero-order chi connectivity index (χ0) is 19.7. The lowest BCUT2D eigenvalue weighted by Crippen LogP contribution is -2.57. The van der Waals surface area contributed by atoms with E-state index >= 15 is 0 Å². The summed E-state index contributed by atoms with van der Waals surface area (Å²) in [5.41, 5.74) is -1.30. The molecular formula is C20H19F3N2O2. The van der Waals surface area contributed by atoms with E-state index in [0.717, 1.165) is 12.0 Å². The number of aryl methyl sites for hydroxylation is 1. The number of benzene rings is 2. The smallest absolute Gasteiger partial charge is 0.362 e. The number of nitrogens with zero attached hydrogens (tertiary/aromatic N) is 2. The highest BCUT2D eigenvalue weighted by atomic mass is 19.4. The second-order valence-electron chi connectivity index (χ2n) is 6.46. The quantitative estimate of drug-likeness (QED) is 0.885. The first-order valence-corrected chi connectivity index (χ1v) is 8.57. The molecule has 0 saturated carbocycles. The number of hydrazone groups is 1. The number of carbonyl (C=O) groups is 1. The first kappa shape index (κ1) is 19.1. The highest BCUT2D eigenvalue weighted by Crippen LogP contribution is 2.41. The van der Waals surface area contributed by atoms with Crippen LogP contribution >= 0.6 is 0 Å². The van der Waals surface area contributed by atoms with E-state index in [1.54, 1.807) is 54.6 Å². The molecule has 0 saturated heterocycles. The van der Waals surface area contributed by atoms with Gasteiger partial charge in [-0.05, 0) is 23.1 Å². The number of rotatable bonds is 4. The SMILES string of the molecule is CCc1ccc(C2=NN(C(=O)Cc3ccccc3)[C@](O)(C(F)(F)F)C2)cc1. The molecule has 0 aliphatic carbocycles. The van der Waals surface area contributed by atoms with Gasteiger partial charge in [0, 0.05) is 0 Å². The minimum Gasteiger partial charge on any atom is -0.362 e. The molecule has 1 aliphatic heterocycles. The summed E-state index contributed by atoms with van der Waals surface area (Å²) in [6, 6.07) is 15.3. The van der Waals surface area contributed by atoms with E-state index in [2.05, 4.69) is 5.10 Å². The molecule has 1 heterocycles. The number of halogens is 3. The fourth-order valence-electron chi connectivity index (χ4n) is 2.97. The number of hydrogen-bond donors (Lipinski definition) is 1. The molecule has 2 aromatic carbocycles. The number of aliphatic hydroxyl groups is 1. The van der Waals surface area contributed by atoms with Crippen LogP contribution in [-0.2, 0) is 17.6 Å². The molecule has 142 valence electrons. The highest BCUT2D eigenvalue weighted by molar-refractivity contribution is 6.03. The average molecular weight is 376 g/mol. The number of alkyl halides is 3. The summed E-state index contributed by atoms with van der Waals surface area (Å²) in [6.45, 7) is 1.97. The Balaban J connectivity index is 1.93. The van der Waals surface area contributed by atoms with E-state index < -0.39 is 24.2 Å². The second-order valence-corrected chi connectivity index (χ2v) is 6.46. The van der Waals surface area contributed by atoms with Crippen molar-refractivity contribution in [2.24, 2.45) is 5.10 Å². The largest absolute Gasteiger partial charge is 0.438 e. The molecule has 1 amide bonds. The van der Waals surface area contributed by atoms with Crippen LogP contribution in [0.2, 0.25) is 0 Å². The van der Waals surface area contributed by atoms with Crippen LogP contribution in [0.15, 0.2) is 59.7 Å². The summed E-state index contributed by atoms with van der Waals surface area (Å²) in [6.07, 6.45) is -5.33. The fourth-order valence-corrected chi connectivity index (χ4v) is 2.97. The van der Waals surface area contributed by atoms with Gasteiger partial charge >= 0.3 is 6.18 Å². The molecular weight excluding hydrogens is 357 g/mol. The lowest BCUT2D eigenvalue weighted by atomic mass is 9.99. The van der Waals surface area contributed by atoms with Gasteiger partial charge in [0.1, 0.15) is 0 Å². The lowest BCUT2D eigenvalue weighted by molar-refractivity contribution is -0.302. The van der Waals surface area contributed by atoms with E-state index in [9.17, 15) is 23.1 Å². The molecule has 27 heavy (non-hydrogen) atoms. The summed E-state index contributed by atoms with van der Waals surface area (Å²) < 4.78 is 40.8. The van der Waals surface area contributed by atoms with Crippen molar-refractivity contribution in [2.45, 2.75) is 38.1 Å². The molecule has 1 N–H and O–H groups in total. The van der Waals surface area contributed by atoms with Crippen molar-refractivity contribution in [1.82, 2.24) is 5.01 Å². The van der Waals surface area contributed by atoms with Gasteiger partial charge in [-0.3, -0.25) is 4.79 Å². The monoisotopic (exact) mass is 376 g/mol. The number of amides is 1. The molecule has 0 bridgehead atoms. The van der Waals surface area contributed by atoms with Crippen molar-refractivity contribution in [1.29, 1.82) is 0 Å². The normalized spacial score (nSPS) is 19.9. The summed E-state index contributed by atoms with van der Waals surface area (Å²) in [5.74, 6) is -0.916. The van der Waals surface area contributed by atoms with Crippen molar-refractivity contribution >= 4 is 11.6 Å². The average Bonchev–Trinajstić information content (AvgIpc) is 3.02. The summed E-state index contributed by atoms with van der Waals surface area (Å²) in [7, 11) is 0. The molecule has 1 atom stereocenters. The van der Waals surface area contributed by atoms with Gasteiger partial charge in [-0.25, -0.2) is 0 Å². The standard InChI is InChI=1S/C20H19F3N2O2/c1-2-14-8-10-16(11-9-14)17-13-19(27,20(21,22)23)25(24-17)18(26)12-15-6-4-3-5-7-15/h3-11,27H,2,12-13H2,1H3/t19-/m1/s1. The van der Waals surface area contributed by atoms with Gasteiger partial charge < -0.3 is 5.11 Å². The third-order valence-corrected chi connectivity index (χ3v) is 4.57. The van der Waals surface area contributed by atoms with Crippen LogP contribution in [0, 0.1) is 0 Å². The molecule has 0 radical (unpaired) electrons. The fraction of sp³-hybridized carbons (Fsp3) is 0.300. The van der Waals surface area contributed by atoms with Gasteiger partial charge in [0.2, 0.25) is 5.91 Å². The highest BCUT2D eigenvalue weighted by Gasteiger charge is 2.63. The topological polar surface area (TPSA) is 52.9 Å². The minimum absolute atomic E-state index is 0.0267. The van der Waals surface area contributed by atoms with Gasteiger partial charge in [0.15, 0.2) is 0 Å². The van der Waals surface area contributed by atoms with Gasteiger partial charge in [-0.2, -0.15) is 23.3 Å². The summed E-state index contributed by atoms with van der Waals surface area (Å²) in [4.78, 5) is 12.5. The van der Waals surface area contributed by atoms with Crippen LogP contribution in [0.25, 0.3) is 0 Å². The molecule has 7 heteroatoms. The predicted octanol–water partition coefficient (Wildman–Crippen LogP) is 3.68. The third-order valence-electron chi connectivity index (χ3n) is 4.57. The Morgan fingerprint density at radius 1 is 1.11 bits per heavy atom. The zero-order valence-electron chi connectivity index (χ0n) is 14.7. The Kier molecular flexibility index (Phi) is 5.06. The molecule has 3 rings (SSSR count). The Bertz CT molecular complexity index is 848. The van der Waals surface area contributed by atoms with Crippen molar-refractivity contribution in [3.8, 4) is 0 Å². The summed E-state index contributed by atoms with van der Waals surface area (Å²) in [5, 5.41) is 14.4. The molecule has 0 spiro atoms. The minimum atomic E-state index is -5.03. The van der Waals surface area contributed by atoms with Crippen LogP contribution in [0.1, 0.15) is 30.0 Å². The maximum absolute atomic E-state index is 13.6. The summed E-state index contributed by atoms with van der Waals surface area (Å²) >= 11 is 0. The molecule has 0 unspecified atom stereocenters. The van der Waals surface area contributed by atoms with Crippen molar-refractivity contribution in [3.05, 3.63) is 71.3 Å². The first-order chi connectivity index (χ1) is 12.7. The van der Waals surface area contributed by atoms with Crippen molar-refractivity contribution in [3.63, 3.8) is 0 Å². The molecule has 2 aromatic rings. The van der Waals surface area contributed by atoms with Gasteiger partial charge in [0.05, 0.1) is 18.6 Å². The van der Waals surface area contributed by atoms with Crippen LogP contribution < -0.4 is 0 Å². The number of carbonyl (C=O) groups excluding carboxylic acids is 1. The van der Waals surface area contributed by atoms with Gasteiger partial charge in [0.25, 0.3) is 5.72 Å². The van der Waals surface area contributed by atoms with Crippen LogP contribution in [0.3, 0.4) is 0 Å². The first-order valence-electron chi connectivity index (χ1n) is 8.57. The van der Waals surface area contributed by atoms with Gasteiger partial charge in [-0.1, -0.05) is 61.5 Å². The maximum Gasteiger partial charge on any atom is 0.438 e. The van der Waals surface area contributed by atoms with Crippen LogP contribution in [0.4, 0.5) is 13.2 Å². The Morgan fingerprint density at radius 2 is 1.74 bits per heavy atom. The van der Waals surface area contributed by atoms with E-state index in [0.29, 0.717) is 11.1 Å². The zero-order valence-corrected chi connectivity index (χ0v) is 14.7. The molecule has 1 aliphatic rings. The molecule has 4 nitrogen and oxygen atoms in total. The van der Waals surface area contributed by atoms with Gasteiger partial charge in [-0.15, -0.1) is 0 Å². The molecule has 0 aromatic heterocycles. The number of hydrogen-bond acceptors (Lipinski definition) is 3. The lowest BCUT2D eigenvalue weighted by Gasteiger charge is -2.32. The maximum atomic E-state index is 13.6. The van der Waals surface area contributed by atoms with E-state index in [-0.39, 0.29) is 17.1 Å².